The zero-order valence-electron chi connectivity index (χ0n) is 31.5. The van der Waals surface area contributed by atoms with Crippen LogP contribution in [0.3, 0.4) is 0 Å². The molecule has 0 aliphatic carbocycles. The van der Waals surface area contributed by atoms with Crippen molar-refractivity contribution in [1.82, 2.24) is 9.97 Å². The molecule has 12 rings (SSSR count). The molecule has 2 nitrogen and oxygen atoms in total. The molecule has 0 aliphatic rings. The van der Waals surface area contributed by atoms with E-state index in [4.69, 9.17) is 9.97 Å². The van der Waals surface area contributed by atoms with Crippen LogP contribution in [-0.2, 0) is 0 Å². The van der Waals surface area contributed by atoms with Crippen LogP contribution in [-0.4, -0.2) is 9.97 Å². The number of aromatic nitrogens is 2. The molecule has 0 unspecified atom stereocenters. The van der Waals surface area contributed by atoms with E-state index in [-0.39, 0.29) is 0 Å². The van der Waals surface area contributed by atoms with Gasteiger partial charge in [0.1, 0.15) is 0 Å². The number of fused-ring (bicyclic) bond motifs is 2. The van der Waals surface area contributed by atoms with Crippen LogP contribution in [0.25, 0.3) is 121 Å². The normalized spacial score (nSPS) is 11.8. The topological polar surface area (TPSA) is 25.8 Å². The van der Waals surface area contributed by atoms with Crippen molar-refractivity contribution >= 4 is 64.6 Å². The zero-order valence-corrected chi connectivity index (χ0v) is 31.5. The van der Waals surface area contributed by atoms with Crippen LogP contribution in [0, 0.1) is 0 Å². The van der Waals surface area contributed by atoms with Crippen LogP contribution in [0.5, 0.6) is 0 Å². The molecule has 2 heteroatoms. The van der Waals surface area contributed by atoms with Crippen molar-refractivity contribution in [2.75, 3.05) is 0 Å². The Kier molecular flexibility index (Phi) is 7.26. The molecule has 11 aromatic carbocycles. The SMILES string of the molecule is c1ccc(-c2ccc(-c3ccccc3)c(-c3cc(-c4cc5ccc6cccc7c8cccc9ccc%10cccc(c(c4)c5c67)c%10c98)nc(-c4ccccc4)n3)c2)cc1. The molecule has 0 spiro atoms. The summed E-state index contributed by atoms with van der Waals surface area (Å²) in [5, 5.41) is 15.1. The molecule has 0 saturated heterocycles. The third-order valence-electron chi connectivity index (χ3n) is 12.0. The smallest absolute Gasteiger partial charge is 0.160 e. The van der Waals surface area contributed by atoms with Crippen molar-refractivity contribution in [3.8, 4) is 56.2 Å². The maximum absolute atomic E-state index is 5.40. The summed E-state index contributed by atoms with van der Waals surface area (Å²) in [6, 6.07) is 74.7. The van der Waals surface area contributed by atoms with Crippen molar-refractivity contribution in [1.29, 1.82) is 0 Å². The first-order chi connectivity index (χ1) is 28.7. The second kappa shape index (κ2) is 12.9. The highest BCUT2D eigenvalue weighted by molar-refractivity contribution is 6.37. The number of nitrogens with zero attached hydrogens (tertiary/aromatic N) is 2. The van der Waals surface area contributed by atoms with Crippen LogP contribution >= 0.6 is 0 Å². The number of rotatable bonds is 5. The van der Waals surface area contributed by atoms with Crippen LogP contribution in [0.2, 0.25) is 0 Å². The molecule has 12 aromatic rings. The first-order valence-corrected chi connectivity index (χ1v) is 19.9. The molecule has 268 valence electrons. The van der Waals surface area contributed by atoms with Crippen molar-refractivity contribution < 1.29 is 0 Å². The largest absolute Gasteiger partial charge is 0.228 e. The predicted octanol–water partition coefficient (Wildman–Crippen LogP) is 15.2. The summed E-state index contributed by atoms with van der Waals surface area (Å²) in [4.78, 5) is 10.8. The Morgan fingerprint density at radius 3 is 1.34 bits per heavy atom. The van der Waals surface area contributed by atoms with Crippen molar-refractivity contribution in [3.63, 3.8) is 0 Å². The van der Waals surface area contributed by atoms with Crippen molar-refractivity contribution in [3.05, 3.63) is 206 Å². The van der Waals surface area contributed by atoms with Crippen LogP contribution < -0.4 is 0 Å². The van der Waals surface area contributed by atoms with Crippen LogP contribution in [0.1, 0.15) is 0 Å². The zero-order chi connectivity index (χ0) is 38.2. The lowest BCUT2D eigenvalue weighted by molar-refractivity contribution is 1.18. The van der Waals surface area contributed by atoms with E-state index in [2.05, 4.69) is 200 Å². The fourth-order valence-corrected chi connectivity index (χ4v) is 9.32. The Morgan fingerprint density at radius 2 is 0.741 bits per heavy atom. The van der Waals surface area contributed by atoms with E-state index < -0.39 is 0 Å². The van der Waals surface area contributed by atoms with Gasteiger partial charge in [0.05, 0.1) is 11.4 Å². The highest BCUT2D eigenvalue weighted by atomic mass is 14.9. The second-order valence-electron chi connectivity index (χ2n) is 15.3. The summed E-state index contributed by atoms with van der Waals surface area (Å²) in [7, 11) is 0. The minimum absolute atomic E-state index is 0.696. The molecule has 1 heterocycles. The molecule has 1 aromatic heterocycles. The van der Waals surface area contributed by atoms with E-state index in [1.165, 1.54) is 70.2 Å². The average Bonchev–Trinajstić information content (AvgIpc) is 3.30. The molecule has 0 radical (unpaired) electrons. The minimum Gasteiger partial charge on any atom is -0.228 e. The average molecular weight is 735 g/mol. The summed E-state index contributed by atoms with van der Waals surface area (Å²) >= 11 is 0. The standard InChI is InChI=1S/C56H34N2/c1-4-13-35(14-5-1)41-29-30-44(36-15-6-2-7-16-36)48(32-41)51-34-50(57-56(58-51)40-17-8-3-9-18-40)43-31-42-28-27-39-20-11-23-46-45-22-10-19-37-25-26-38-21-12-24-47(54(38)52(37)45)49(33-43)55(42)53(39)46/h1-34H. The first-order valence-electron chi connectivity index (χ1n) is 19.9. The van der Waals surface area contributed by atoms with Gasteiger partial charge in [-0.1, -0.05) is 182 Å². The molecule has 0 atom stereocenters. The first kappa shape index (κ1) is 32.6. The van der Waals surface area contributed by atoms with Crippen molar-refractivity contribution in [2.45, 2.75) is 0 Å². The van der Waals surface area contributed by atoms with Gasteiger partial charge >= 0.3 is 0 Å². The van der Waals surface area contributed by atoms with Gasteiger partial charge < -0.3 is 0 Å². The Balaban J connectivity index is 1.20. The molecule has 0 fully saturated rings. The molecule has 0 saturated carbocycles. The molecule has 58 heavy (non-hydrogen) atoms. The van der Waals surface area contributed by atoms with Gasteiger partial charge in [0.15, 0.2) is 5.82 Å². The molecule has 0 N–H and O–H groups in total. The van der Waals surface area contributed by atoms with E-state index in [0.717, 1.165) is 44.8 Å². The van der Waals surface area contributed by atoms with E-state index in [1.807, 2.05) is 6.07 Å². The lowest BCUT2D eigenvalue weighted by Gasteiger charge is -2.17. The number of hydrogen-bond acceptors (Lipinski definition) is 2. The molecular formula is C56H34N2. The van der Waals surface area contributed by atoms with Crippen LogP contribution in [0.15, 0.2) is 206 Å². The summed E-state index contributed by atoms with van der Waals surface area (Å²) in [5.41, 5.74) is 9.44. The number of benzene rings is 10. The summed E-state index contributed by atoms with van der Waals surface area (Å²) in [5.74, 6) is 0.696. The van der Waals surface area contributed by atoms with Crippen molar-refractivity contribution in [2.24, 2.45) is 0 Å². The summed E-state index contributed by atoms with van der Waals surface area (Å²) < 4.78 is 0. The summed E-state index contributed by atoms with van der Waals surface area (Å²) in [6.45, 7) is 0. The van der Waals surface area contributed by atoms with E-state index in [9.17, 15) is 0 Å². The van der Waals surface area contributed by atoms with Gasteiger partial charge in [-0.3, -0.25) is 0 Å². The van der Waals surface area contributed by atoms with Gasteiger partial charge in [-0.25, -0.2) is 9.97 Å². The highest BCUT2D eigenvalue weighted by Crippen LogP contribution is 2.45. The van der Waals surface area contributed by atoms with Gasteiger partial charge in [0, 0.05) is 16.7 Å². The fourth-order valence-electron chi connectivity index (χ4n) is 9.32. The lowest BCUT2D eigenvalue weighted by Crippen LogP contribution is -1.98. The highest BCUT2D eigenvalue weighted by Gasteiger charge is 2.19. The van der Waals surface area contributed by atoms with Gasteiger partial charge in [0.2, 0.25) is 0 Å². The molecule has 0 bridgehead atoms. The third-order valence-corrected chi connectivity index (χ3v) is 12.0. The minimum atomic E-state index is 0.696. The van der Waals surface area contributed by atoms with E-state index in [0.29, 0.717) is 5.82 Å². The van der Waals surface area contributed by atoms with E-state index in [1.54, 1.807) is 0 Å². The fraction of sp³-hybridized carbons (Fsp3) is 0. The second-order valence-corrected chi connectivity index (χ2v) is 15.3. The molecule has 0 aliphatic heterocycles. The van der Waals surface area contributed by atoms with Gasteiger partial charge in [-0.2, -0.15) is 0 Å². The van der Waals surface area contributed by atoms with Gasteiger partial charge in [0.25, 0.3) is 0 Å². The van der Waals surface area contributed by atoms with Crippen LogP contribution in [0.4, 0.5) is 0 Å². The Labute approximate surface area is 335 Å². The van der Waals surface area contributed by atoms with E-state index >= 15 is 0 Å². The Hall–Kier alpha value is -7.68. The maximum atomic E-state index is 5.40. The monoisotopic (exact) mass is 734 g/mol. The number of hydrogen-bond donors (Lipinski definition) is 0. The van der Waals surface area contributed by atoms with Gasteiger partial charge in [-0.15, -0.1) is 0 Å². The molecule has 0 amide bonds. The molecular weight excluding hydrogens is 701 g/mol. The quantitative estimate of drug-likeness (QED) is 0.165. The maximum Gasteiger partial charge on any atom is 0.160 e. The Bertz CT molecular complexity index is 3530. The third kappa shape index (κ3) is 5.12. The van der Waals surface area contributed by atoms with Gasteiger partial charge in [-0.05, 0) is 111 Å². The predicted molar refractivity (Wildman–Crippen MR) is 245 cm³/mol. The summed E-state index contributed by atoms with van der Waals surface area (Å²) in [6.07, 6.45) is 0. The Morgan fingerprint density at radius 1 is 0.241 bits per heavy atom. The lowest BCUT2D eigenvalue weighted by atomic mass is 9.87.